The second kappa shape index (κ2) is 8.62. The fourth-order valence-electron chi connectivity index (χ4n) is 4.16. The molecule has 9 heteroatoms. The van der Waals surface area contributed by atoms with Crippen molar-refractivity contribution >= 4 is 5.91 Å². The van der Waals surface area contributed by atoms with Crippen LogP contribution in [0.3, 0.4) is 0 Å². The van der Waals surface area contributed by atoms with Gasteiger partial charge in [-0.1, -0.05) is 0 Å². The van der Waals surface area contributed by atoms with Crippen molar-refractivity contribution in [3.05, 3.63) is 78.4 Å². The number of carbonyl (C=O) groups is 1. The summed E-state index contributed by atoms with van der Waals surface area (Å²) < 4.78 is 1.56. The highest BCUT2D eigenvalue weighted by atomic mass is 16.2. The summed E-state index contributed by atoms with van der Waals surface area (Å²) in [6, 6.07) is 11.3. The van der Waals surface area contributed by atoms with Crippen LogP contribution in [-0.2, 0) is 0 Å². The number of aromatic nitrogens is 7. The summed E-state index contributed by atoms with van der Waals surface area (Å²) in [5, 5.41) is 11.2. The Bertz CT molecular complexity index is 1210. The predicted molar refractivity (Wildman–Crippen MR) is 117 cm³/mol. The molecule has 0 aliphatic carbocycles. The van der Waals surface area contributed by atoms with Crippen molar-refractivity contribution in [1.29, 1.82) is 0 Å². The van der Waals surface area contributed by atoms with E-state index in [0.29, 0.717) is 12.1 Å². The monoisotopic (exact) mass is 426 g/mol. The van der Waals surface area contributed by atoms with E-state index in [-0.39, 0.29) is 11.8 Å². The lowest BCUT2D eigenvalue weighted by Crippen LogP contribution is -2.39. The van der Waals surface area contributed by atoms with Gasteiger partial charge in [-0.25, -0.2) is 14.6 Å². The lowest BCUT2D eigenvalue weighted by atomic mass is 9.89. The molecule has 5 rings (SSSR count). The van der Waals surface area contributed by atoms with Crippen LogP contribution in [0, 0.1) is 6.92 Å². The van der Waals surface area contributed by atoms with Crippen LogP contribution in [0.5, 0.6) is 0 Å². The predicted octanol–water partition coefficient (Wildman–Crippen LogP) is 2.84. The fraction of sp³-hybridized carbons (Fsp3) is 0.261. The van der Waals surface area contributed by atoms with Crippen molar-refractivity contribution in [2.75, 3.05) is 13.1 Å². The molecule has 0 bridgehead atoms. The third-order valence-corrected chi connectivity index (χ3v) is 5.75. The molecule has 1 fully saturated rings. The molecular weight excluding hydrogens is 404 g/mol. The zero-order chi connectivity index (χ0) is 21.9. The van der Waals surface area contributed by atoms with Crippen molar-refractivity contribution in [1.82, 2.24) is 40.1 Å². The topological polar surface area (TPSA) is 103 Å². The van der Waals surface area contributed by atoms with E-state index < -0.39 is 0 Å². The first-order valence-electron chi connectivity index (χ1n) is 10.6. The van der Waals surface area contributed by atoms with Crippen LogP contribution >= 0.6 is 0 Å². The Morgan fingerprint density at radius 2 is 1.91 bits per heavy atom. The molecule has 0 N–H and O–H groups in total. The lowest BCUT2D eigenvalue weighted by Gasteiger charge is -2.33. The summed E-state index contributed by atoms with van der Waals surface area (Å²) in [5.41, 5.74) is 4.49. The summed E-state index contributed by atoms with van der Waals surface area (Å²) in [4.78, 5) is 28.5. The van der Waals surface area contributed by atoms with Crippen LogP contribution in [0.4, 0.5) is 0 Å². The van der Waals surface area contributed by atoms with E-state index in [9.17, 15) is 4.79 Å². The first-order valence-corrected chi connectivity index (χ1v) is 10.6. The minimum Gasteiger partial charge on any atom is -0.338 e. The van der Waals surface area contributed by atoms with Gasteiger partial charge in [-0.3, -0.25) is 9.78 Å². The van der Waals surface area contributed by atoms with Crippen molar-refractivity contribution in [2.45, 2.75) is 25.7 Å². The minimum absolute atomic E-state index is 0.0224. The highest BCUT2D eigenvalue weighted by Crippen LogP contribution is 2.33. The molecule has 32 heavy (non-hydrogen) atoms. The maximum absolute atomic E-state index is 13.2. The van der Waals surface area contributed by atoms with E-state index in [4.69, 9.17) is 4.98 Å². The van der Waals surface area contributed by atoms with Crippen LogP contribution in [-0.4, -0.2) is 59.1 Å². The van der Waals surface area contributed by atoms with Crippen LogP contribution in [0.25, 0.3) is 16.8 Å². The number of hydrogen-bond acceptors (Lipinski definition) is 7. The molecule has 9 nitrogen and oxygen atoms in total. The largest absolute Gasteiger partial charge is 0.338 e. The first-order chi connectivity index (χ1) is 15.7. The molecule has 160 valence electrons. The van der Waals surface area contributed by atoms with E-state index in [1.807, 2.05) is 54.4 Å². The second-order valence-electron chi connectivity index (χ2n) is 7.84. The van der Waals surface area contributed by atoms with Gasteiger partial charge in [0.15, 0.2) is 0 Å². The minimum atomic E-state index is 0.0224. The smallest absolute Gasteiger partial charge is 0.253 e. The summed E-state index contributed by atoms with van der Waals surface area (Å²) in [7, 11) is 0. The molecule has 3 aromatic heterocycles. The number of nitrogens with zero attached hydrogens (tertiary/aromatic N) is 8. The van der Waals surface area contributed by atoms with Gasteiger partial charge in [0.1, 0.15) is 12.2 Å². The fourth-order valence-corrected chi connectivity index (χ4v) is 4.16. The molecule has 1 atom stereocenters. The standard InChI is InChI=1S/C23H22N8O/c1-16-25-13-21(17-8-10-24-11-9-17)22(27-16)19-3-2-12-30(14-19)23(32)18-4-6-20(7-5-18)31-15-26-28-29-31/h4-11,13,15,19H,2-3,12,14H2,1H3. The average molecular weight is 426 g/mol. The van der Waals surface area contributed by atoms with E-state index in [2.05, 4.69) is 25.5 Å². The number of amides is 1. The summed E-state index contributed by atoms with van der Waals surface area (Å²) in [5.74, 6) is 0.909. The quantitative estimate of drug-likeness (QED) is 0.494. The van der Waals surface area contributed by atoms with Gasteiger partial charge < -0.3 is 4.90 Å². The Kier molecular flexibility index (Phi) is 5.37. The Balaban J connectivity index is 1.38. The van der Waals surface area contributed by atoms with Crippen molar-refractivity contribution in [2.24, 2.45) is 0 Å². The van der Waals surface area contributed by atoms with E-state index in [1.165, 1.54) is 6.33 Å². The number of rotatable bonds is 4. The average Bonchev–Trinajstić information content (AvgIpc) is 3.39. The molecule has 4 heterocycles. The maximum Gasteiger partial charge on any atom is 0.253 e. The van der Waals surface area contributed by atoms with Gasteiger partial charge in [0.25, 0.3) is 5.91 Å². The maximum atomic E-state index is 13.2. The summed E-state index contributed by atoms with van der Waals surface area (Å²) >= 11 is 0. The molecule has 0 spiro atoms. The van der Waals surface area contributed by atoms with Crippen molar-refractivity contribution in [3.8, 4) is 16.8 Å². The van der Waals surface area contributed by atoms with Crippen LogP contribution in [0.1, 0.15) is 40.6 Å². The number of likely N-dealkylation sites (tertiary alicyclic amines) is 1. The SMILES string of the molecule is Cc1ncc(-c2ccncc2)c(C2CCCN(C(=O)c3ccc(-n4cnnn4)cc3)C2)n1. The molecule has 1 unspecified atom stereocenters. The number of aryl methyl sites for hydroxylation is 1. The molecule has 1 saturated heterocycles. The van der Waals surface area contributed by atoms with Gasteiger partial charge in [-0.2, -0.15) is 0 Å². The first kappa shape index (κ1) is 19.9. The summed E-state index contributed by atoms with van der Waals surface area (Å²) in [6.45, 7) is 3.26. The third-order valence-electron chi connectivity index (χ3n) is 5.75. The highest BCUT2D eigenvalue weighted by molar-refractivity contribution is 5.94. The Hall–Kier alpha value is -4.01. The molecule has 1 aliphatic heterocycles. The Labute approximate surface area is 185 Å². The molecule has 4 aromatic rings. The number of piperidine rings is 1. The Morgan fingerprint density at radius 3 is 2.66 bits per heavy atom. The van der Waals surface area contributed by atoms with E-state index in [1.54, 1.807) is 17.1 Å². The van der Waals surface area contributed by atoms with E-state index >= 15 is 0 Å². The second-order valence-corrected chi connectivity index (χ2v) is 7.84. The lowest BCUT2D eigenvalue weighted by molar-refractivity contribution is 0.0706. The molecule has 1 aromatic carbocycles. The van der Waals surface area contributed by atoms with Gasteiger partial charge in [0, 0.05) is 48.7 Å². The third kappa shape index (κ3) is 3.96. The zero-order valence-electron chi connectivity index (χ0n) is 17.7. The van der Waals surface area contributed by atoms with Gasteiger partial charge in [0.05, 0.1) is 11.4 Å². The molecular formula is C23H22N8O. The normalized spacial score (nSPS) is 16.2. The molecule has 1 aliphatic rings. The molecule has 0 radical (unpaired) electrons. The number of benzene rings is 1. The van der Waals surface area contributed by atoms with Gasteiger partial charge in [-0.15, -0.1) is 5.10 Å². The molecule has 1 amide bonds. The zero-order valence-corrected chi connectivity index (χ0v) is 17.7. The van der Waals surface area contributed by atoms with Crippen LogP contribution in [0.2, 0.25) is 0 Å². The van der Waals surface area contributed by atoms with Gasteiger partial charge in [-0.05, 0) is 72.2 Å². The molecule has 0 saturated carbocycles. The number of tetrazole rings is 1. The van der Waals surface area contributed by atoms with Crippen LogP contribution < -0.4 is 0 Å². The number of pyridine rings is 1. The summed E-state index contributed by atoms with van der Waals surface area (Å²) in [6.07, 6.45) is 8.86. The van der Waals surface area contributed by atoms with Gasteiger partial charge in [0.2, 0.25) is 0 Å². The Morgan fingerprint density at radius 1 is 1.09 bits per heavy atom. The van der Waals surface area contributed by atoms with Crippen molar-refractivity contribution < 1.29 is 4.79 Å². The highest BCUT2D eigenvalue weighted by Gasteiger charge is 2.28. The number of carbonyl (C=O) groups excluding carboxylic acids is 1. The van der Waals surface area contributed by atoms with E-state index in [0.717, 1.165) is 47.7 Å². The van der Waals surface area contributed by atoms with Crippen molar-refractivity contribution in [3.63, 3.8) is 0 Å². The van der Waals surface area contributed by atoms with Gasteiger partial charge >= 0.3 is 0 Å². The van der Waals surface area contributed by atoms with Crippen LogP contribution in [0.15, 0.2) is 61.3 Å². The number of hydrogen-bond donors (Lipinski definition) is 0.